The van der Waals surface area contributed by atoms with Gasteiger partial charge in [0.1, 0.15) is 24.4 Å². The van der Waals surface area contributed by atoms with Gasteiger partial charge in [-0.2, -0.15) is 5.26 Å². The Morgan fingerprint density at radius 2 is 1.94 bits per heavy atom. The fourth-order valence-corrected chi connectivity index (χ4v) is 3.34. The van der Waals surface area contributed by atoms with Gasteiger partial charge in [0.15, 0.2) is 4.93 Å². The second kappa shape index (κ2) is 17.7. The number of nitrogens with zero attached hydrogens (tertiary/aromatic N) is 1. The Labute approximate surface area is 219 Å². The number of rotatable bonds is 16. The first-order valence-electron chi connectivity index (χ1n) is 12.2. The number of carbonyl (C=O) groups excluding carboxylic acids is 2. The minimum Gasteiger partial charge on any atom is -0.490 e. The molecule has 0 heterocycles. The van der Waals surface area contributed by atoms with Crippen molar-refractivity contribution in [2.45, 2.75) is 52.4 Å². The number of thioether (sulfide) groups is 1. The van der Waals surface area contributed by atoms with Crippen molar-refractivity contribution in [3.8, 4) is 23.0 Å². The third-order valence-corrected chi connectivity index (χ3v) is 5.49. The van der Waals surface area contributed by atoms with Gasteiger partial charge in [0.2, 0.25) is 5.91 Å². The summed E-state index contributed by atoms with van der Waals surface area (Å²) < 4.78 is 17.0. The normalized spacial score (nSPS) is 12.3. The zero-order chi connectivity index (χ0) is 26.8. The van der Waals surface area contributed by atoms with Gasteiger partial charge in [-0.25, -0.2) is 0 Å². The average molecular weight is 518 g/mol. The molecule has 36 heavy (non-hydrogen) atoms. The second-order valence-electron chi connectivity index (χ2n) is 9.09. The predicted molar refractivity (Wildman–Crippen MR) is 142 cm³/mol. The van der Waals surface area contributed by atoms with Crippen molar-refractivity contribution in [1.29, 1.82) is 5.26 Å². The molecular weight excluding hydrogens is 478 g/mol. The van der Waals surface area contributed by atoms with E-state index in [1.165, 1.54) is 0 Å². The summed E-state index contributed by atoms with van der Waals surface area (Å²) in [6.45, 7) is 11.3. The quantitative estimate of drug-likeness (QED) is 0.148. The van der Waals surface area contributed by atoms with Crippen LogP contribution < -0.4 is 15.4 Å². The highest BCUT2D eigenvalue weighted by atomic mass is 32.2. The molecular formula is C27H39N3O5S. The lowest BCUT2D eigenvalue weighted by molar-refractivity contribution is -0.126. The van der Waals surface area contributed by atoms with Crippen molar-refractivity contribution in [3.63, 3.8) is 0 Å². The summed E-state index contributed by atoms with van der Waals surface area (Å²) in [5.41, 5.74) is 0.509. The lowest BCUT2D eigenvalue weighted by atomic mass is 10.1. The van der Waals surface area contributed by atoms with Gasteiger partial charge in [-0.1, -0.05) is 45.6 Å². The molecule has 1 aromatic carbocycles. The van der Waals surface area contributed by atoms with Crippen LogP contribution in [0.15, 0.2) is 24.3 Å². The molecule has 0 fully saturated rings. The third kappa shape index (κ3) is 14.6. The van der Waals surface area contributed by atoms with Gasteiger partial charge >= 0.3 is 0 Å². The third-order valence-electron chi connectivity index (χ3n) is 4.74. The van der Waals surface area contributed by atoms with Crippen LogP contribution in [0.25, 0.3) is 0 Å². The summed E-state index contributed by atoms with van der Waals surface area (Å²) in [5, 5.41) is 16.8. The summed E-state index contributed by atoms with van der Waals surface area (Å²) in [5.74, 6) is 6.80. The molecule has 2 amide bonds. The van der Waals surface area contributed by atoms with Crippen molar-refractivity contribution in [1.82, 2.24) is 10.6 Å². The molecule has 0 saturated heterocycles. The molecule has 0 radical (unpaired) electrons. The van der Waals surface area contributed by atoms with E-state index in [1.807, 2.05) is 19.2 Å². The van der Waals surface area contributed by atoms with Gasteiger partial charge in [0.25, 0.3) is 5.91 Å². The number of carbonyl (C=O) groups is 2. The maximum atomic E-state index is 12.4. The Bertz CT molecular complexity index is 920. The van der Waals surface area contributed by atoms with Gasteiger partial charge in [-0.3, -0.25) is 9.59 Å². The first-order chi connectivity index (χ1) is 17.1. The molecule has 9 heteroatoms. The second-order valence-corrected chi connectivity index (χ2v) is 10.3. The number of amides is 2. The SMILES string of the molecule is CC(C)C#CCNC(=O)COCCO[C@@](C)(COc1cccc(C(=O)NCCCC(C)C)c1)SC#N. The summed E-state index contributed by atoms with van der Waals surface area (Å²) in [7, 11) is 0. The van der Waals surface area contributed by atoms with Crippen LogP contribution in [0.3, 0.4) is 0 Å². The zero-order valence-electron chi connectivity index (χ0n) is 22.0. The number of hydrogen-bond donors (Lipinski definition) is 2. The summed E-state index contributed by atoms with van der Waals surface area (Å²) in [6, 6.07) is 6.90. The van der Waals surface area contributed by atoms with Crippen LogP contribution in [0.2, 0.25) is 0 Å². The topological polar surface area (TPSA) is 110 Å². The van der Waals surface area contributed by atoms with E-state index in [2.05, 4.69) is 36.3 Å². The standard InChI is InChI=1S/C27H39N3O5S/c1-21(2)9-7-13-29-25(31)18-33-15-16-35-27(5,36-20-28)19-34-24-12-6-11-23(17-24)26(32)30-14-8-10-22(3)4/h6,11-12,17,21-22H,8,10,13-16,18-19H2,1-5H3,(H,29,31)(H,30,32)/t27-/m1/s1. The van der Waals surface area contributed by atoms with Gasteiger partial charge in [-0.15, -0.1) is 0 Å². The van der Waals surface area contributed by atoms with Crippen molar-refractivity contribution in [2.75, 3.05) is 39.5 Å². The van der Waals surface area contributed by atoms with Gasteiger partial charge in [0.05, 0.1) is 19.8 Å². The molecule has 0 aliphatic carbocycles. The van der Waals surface area contributed by atoms with E-state index in [0.717, 1.165) is 24.6 Å². The van der Waals surface area contributed by atoms with Crippen LogP contribution in [0.1, 0.15) is 57.8 Å². The fraction of sp³-hybridized carbons (Fsp3) is 0.593. The van der Waals surface area contributed by atoms with E-state index >= 15 is 0 Å². The largest absolute Gasteiger partial charge is 0.490 e. The number of nitrogens with one attached hydrogen (secondary N) is 2. The molecule has 198 valence electrons. The predicted octanol–water partition coefficient (Wildman–Crippen LogP) is 3.97. The molecule has 2 N–H and O–H groups in total. The van der Waals surface area contributed by atoms with Crippen LogP contribution in [0, 0.1) is 34.3 Å². The number of ether oxygens (including phenoxy) is 3. The summed E-state index contributed by atoms with van der Waals surface area (Å²) >= 11 is 0.933. The van der Waals surface area contributed by atoms with Crippen molar-refractivity contribution in [2.24, 2.45) is 11.8 Å². The molecule has 1 aromatic rings. The maximum absolute atomic E-state index is 12.4. The molecule has 0 saturated carbocycles. The number of hydrogen-bond acceptors (Lipinski definition) is 7. The van der Waals surface area contributed by atoms with E-state index in [4.69, 9.17) is 14.2 Å². The highest BCUT2D eigenvalue weighted by molar-refractivity contribution is 8.04. The highest BCUT2D eigenvalue weighted by Gasteiger charge is 2.28. The molecule has 0 aromatic heterocycles. The average Bonchev–Trinajstić information content (AvgIpc) is 2.83. The number of nitriles is 1. The minimum absolute atomic E-state index is 0.0830. The Morgan fingerprint density at radius 3 is 2.64 bits per heavy atom. The fourth-order valence-electron chi connectivity index (χ4n) is 2.88. The first-order valence-corrected chi connectivity index (χ1v) is 13.0. The lowest BCUT2D eigenvalue weighted by Gasteiger charge is -2.26. The highest BCUT2D eigenvalue weighted by Crippen LogP contribution is 2.27. The van der Waals surface area contributed by atoms with Crippen LogP contribution >= 0.6 is 11.8 Å². The van der Waals surface area contributed by atoms with Gasteiger partial charge in [0, 0.05) is 18.0 Å². The molecule has 0 spiro atoms. The Kier molecular flexibility index (Phi) is 15.4. The van der Waals surface area contributed by atoms with Crippen molar-refractivity contribution < 1.29 is 23.8 Å². The molecule has 1 rings (SSSR count). The summed E-state index contributed by atoms with van der Waals surface area (Å²) in [4.78, 5) is 23.2. The maximum Gasteiger partial charge on any atom is 0.251 e. The number of benzene rings is 1. The lowest BCUT2D eigenvalue weighted by Crippen LogP contribution is -2.34. The molecule has 8 nitrogen and oxygen atoms in total. The molecule has 0 bridgehead atoms. The van der Waals surface area contributed by atoms with E-state index in [1.54, 1.807) is 31.2 Å². The molecule has 0 aliphatic heterocycles. The summed E-state index contributed by atoms with van der Waals surface area (Å²) in [6.07, 6.45) is 1.99. The molecule has 0 aliphatic rings. The van der Waals surface area contributed by atoms with E-state index in [9.17, 15) is 14.9 Å². The van der Waals surface area contributed by atoms with Crippen LogP contribution in [-0.4, -0.2) is 56.3 Å². The Balaban J connectivity index is 2.44. The van der Waals surface area contributed by atoms with Crippen LogP contribution in [0.5, 0.6) is 5.75 Å². The molecule has 1 atom stereocenters. The van der Waals surface area contributed by atoms with Gasteiger partial charge in [-0.05, 0) is 55.6 Å². The molecule has 0 unspecified atom stereocenters. The Morgan fingerprint density at radius 1 is 1.17 bits per heavy atom. The first kappa shape index (κ1) is 31.3. The minimum atomic E-state index is -0.956. The number of thiocyanates is 1. The van der Waals surface area contributed by atoms with E-state index < -0.39 is 4.93 Å². The van der Waals surface area contributed by atoms with Crippen LogP contribution in [0.4, 0.5) is 0 Å². The zero-order valence-corrected chi connectivity index (χ0v) is 22.8. The van der Waals surface area contributed by atoms with Gasteiger partial charge < -0.3 is 24.8 Å². The van der Waals surface area contributed by atoms with Crippen molar-refractivity contribution in [3.05, 3.63) is 29.8 Å². The monoisotopic (exact) mass is 517 g/mol. The van der Waals surface area contributed by atoms with Crippen molar-refractivity contribution >= 4 is 23.6 Å². The van der Waals surface area contributed by atoms with E-state index in [0.29, 0.717) is 23.8 Å². The van der Waals surface area contributed by atoms with Crippen LogP contribution in [-0.2, 0) is 14.3 Å². The Hall–Kier alpha value is -2.72. The van der Waals surface area contributed by atoms with E-state index in [-0.39, 0.29) is 50.7 Å². The smallest absolute Gasteiger partial charge is 0.251 e.